The topological polar surface area (TPSA) is 77.1 Å². The molecule has 1 fully saturated rings. The van der Waals surface area contributed by atoms with Crippen molar-refractivity contribution in [1.29, 1.82) is 0 Å². The predicted octanol–water partition coefficient (Wildman–Crippen LogP) is 6.36. The Hall–Kier alpha value is -4.78. The first-order chi connectivity index (χ1) is 20.0. The maximum absolute atomic E-state index is 13.5. The highest BCUT2D eigenvalue weighted by Gasteiger charge is 2.50. The van der Waals surface area contributed by atoms with E-state index in [0.29, 0.717) is 48.6 Å². The summed E-state index contributed by atoms with van der Waals surface area (Å²) in [4.78, 5) is 28.2. The first-order valence-corrected chi connectivity index (χ1v) is 13.9. The third kappa shape index (κ3) is 4.67. The maximum atomic E-state index is 13.5. The lowest BCUT2D eigenvalue weighted by atomic mass is 9.89. The molecule has 0 radical (unpaired) electrons. The van der Waals surface area contributed by atoms with Crippen molar-refractivity contribution in [3.05, 3.63) is 125 Å². The van der Waals surface area contributed by atoms with Gasteiger partial charge >= 0.3 is 12.0 Å². The van der Waals surface area contributed by atoms with Crippen molar-refractivity contribution in [2.24, 2.45) is 0 Å². The van der Waals surface area contributed by atoms with Crippen LogP contribution in [0.2, 0.25) is 0 Å². The Morgan fingerprint density at radius 3 is 2.46 bits per heavy atom. The van der Waals surface area contributed by atoms with Crippen LogP contribution in [0.1, 0.15) is 52.0 Å². The van der Waals surface area contributed by atoms with Crippen LogP contribution in [0.15, 0.2) is 97.1 Å². The molecule has 4 aromatic carbocycles. The lowest BCUT2D eigenvalue weighted by Gasteiger charge is -2.50. The van der Waals surface area contributed by atoms with E-state index in [9.17, 15) is 9.59 Å². The number of benzene rings is 4. The van der Waals surface area contributed by atoms with E-state index >= 15 is 0 Å². The molecule has 206 valence electrons. The summed E-state index contributed by atoms with van der Waals surface area (Å²) in [5.41, 5.74) is 4.31. The summed E-state index contributed by atoms with van der Waals surface area (Å²) >= 11 is 0. The highest BCUT2D eigenvalue weighted by Crippen LogP contribution is 2.49. The number of esters is 1. The molecule has 7 rings (SSSR count). The second-order valence-electron chi connectivity index (χ2n) is 11.0. The molecule has 7 nitrogen and oxygen atoms in total. The first kappa shape index (κ1) is 25.2. The van der Waals surface area contributed by atoms with Crippen LogP contribution in [0.3, 0.4) is 0 Å². The average Bonchev–Trinajstić information content (AvgIpc) is 3.39. The number of carbonyl (C=O) groups excluding carboxylic acids is 2. The van der Waals surface area contributed by atoms with Gasteiger partial charge in [-0.1, -0.05) is 72.8 Å². The van der Waals surface area contributed by atoms with Crippen LogP contribution in [0.5, 0.6) is 11.5 Å². The van der Waals surface area contributed by atoms with Gasteiger partial charge in [0.15, 0.2) is 17.2 Å². The summed E-state index contributed by atoms with van der Waals surface area (Å²) in [5.74, 6) is 0.827. The van der Waals surface area contributed by atoms with Gasteiger partial charge in [-0.25, -0.2) is 9.59 Å². The van der Waals surface area contributed by atoms with E-state index in [4.69, 9.17) is 14.2 Å². The van der Waals surface area contributed by atoms with Crippen LogP contribution in [0.25, 0.3) is 0 Å². The largest absolute Gasteiger partial charge is 0.485 e. The monoisotopic (exact) mass is 546 g/mol. The summed E-state index contributed by atoms with van der Waals surface area (Å²) in [7, 11) is 0. The lowest BCUT2D eigenvalue weighted by Crippen LogP contribution is -2.65. The first-order valence-electron chi connectivity index (χ1n) is 13.9. The summed E-state index contributed by atoms with van der Waals surface area (Å²) < 4.78 is 18.7. The van der Waals surface area contributed by atoms with Gasteiger partial charge in [-0.3, -0.25) is 4.90 Å². The van der Waals surface area contributed by atoms with Gasteiger partial charge in [-0.15, -0.1) is 0 Å². The second-order valence-corrected chi connectivity index (χ2v) is 11.0. The minimum atomic E-state index is -0.998. The Balaban J connectivity index is 1.13. The van der Waals surface area contributed by atoms with Crippen molar-refractivity contribution in [1.82, 2.24) is 5.32 Å². The molecule has 1 aliphatic carbocycles. The molecule has 2 atom stereocenters. The van der Waals surface area contributed by atoms with Gasteiger partial charge < -0.3 is 19.5 Å². The normalized spacial score (nSPS) is 20.9. The molecule has 0 aromatic heterocycles. The van der Waals surface area contributed by atoms with Crippen LogP contribution in [0.4, 0.5) is 10.5 Å². The zero-order chi connectivity index (χ0) is 28.0. The quantitative estimate of drug-likeness (QED) is 0.285. The van der Waals surface area contributed by atoms with Crippen molar-refractivity contribution in [3.63, 3.8) is 0 Å². The Morgan fingerprint density at radius 1 is 0.951 bits per heavy atom. The molecule has 1 N–H and O–H groups in total. The molecular formula is C34H30N2O5. The highest BCUT2D eigenvalue weighted by atomic mass is 16.6. The van der Waals surface area contributed by atoms with E-state index in [1.165, 1.54) is 11.1 Å². The number of nitrogens with zero attached hydrogens (tertiary/aromatic N) is 1. The van der Waals surface area contributed by atoms with Crippen molar-refractivity contribution in [3.8, 4) is 11.5 Å². The lowest BCUT2D eigenvalue weighted by molar-refractivity contribution is 0.0313. The molecule has 0 saturated carbocycles. The van der Waals surface area contributed by atoms with E-state index in [2.05, 4.69) is 17.4 Å². The molecule has 2 amide bonds. The maximum Gasteiger partial charge on any atom is 0.338 e. The van der Waals surface area contributed by atoms with Crippen molar-refractivity contribution in [2.75, 3.05) is 4.90 Å². The number of carbonyl (C=O) groups is 2. The molecular weight excluding hydrogens is 516 g/mol. The molecule has 3 aliphatic rings. The second kappa shape index (κ2) is 10.0. The number of ether oxygens (including phenoxy) is 3. The number of anilines is 1. The Bertz CT molecular complexity index is 1610. The molecule has 2 aliphatic heterocycles. The Kier molecular flexibility index (Phi) is 6.15. The minimum Gasteiger partial charge on any atom is -0.485 e. The zero-order valence-corrected chi connectivity index (χ0v) is 22.7. The number of hydrogen-bond acceptors (Lipinski definition) is 5. The molecule has 0 spiro atoms. The van der Waals surface area contributed by atoms with Crippen LogP contribution in [-0.2, 0) is 24.2 Å². The fraction of sp³-hybridized carbons (Fsp3) is 0.235. The third-order valence-corrected chi connectivity index (χ3v) is 8.13. The molecule has 2 bridgehead atoms. The smallest absolute Gasteiger partial charge is 0.338 e. The highest BCUT2D eigenvalue weighted by molar-refractivity contribution is 5.97. The average molecular weight is 547 g/mol. The van der Waals surface area contributed by atoms with Crippen LogP contribution in [-0.4, -0.2) is 23.8 Å². The van der Waals surface area contributed by atoms with Gasteiger partial charge in [-0.2, -0.15) is 0 Å². The molecule has 7 heteroatoms. The number of para-hydroxylation sites is 1. The molecule has 4 aromatic rings. The van der Waals surface area contributed by atoms with E-state index < -0.39 is 11.7 Å². The number of nitrogens with one attached hydrogen (secondary N) is 1. The van der Waals surface area contributed by atoms with Crippen LogP contribution < -0.4 is 19.7 Å². The van der Waals surface area contributed by atoms with Crippen LogP contribution >= 0.6 is 0 Å². The number of amides is 2. The van der Waals surface area contributed by atoms with Crippen molar-refractivity contribution >= 4 is 17.7 Å². The van der Waals surface area contributed by atoms with Gasteiger partial charge in [0.25, 0.3) is 0 Å². The summed E-state index contributed by atoms with van der Waals surface area (Å²) in [6.07, 6.45) is 1.74. The zero-order valence-electron chi connectivity index (χ0n) is 22.7. The van der Waals surface area contributed by atoms with Gasteiger partial charge in [0, 0.05) is 24.8 Å². The van der Waals surface area contributed by atoms with Crippen molar-refractivity contribution < 1.29 is 23.8 Å². The van der Waals surface area contributed by atoms with E-state index in [-0.39, 0.29) is 18.2 Å². The number of urea groups is 1. The van der Waals surface area contributed by atoms with E-state index in [1.54, 1.807) is 23.1 Å². The Morgan fingerprint density at radius 2 is 1.68 bits per heavy atom. The predicted molar refractivity (Wildman–Crippen MR) is 154 cm³/mol. The summed E-state index contributed by atoms with van der Waals surface area (Å²) in [6, 6.07) is 30.3. The molecule has 2 heterocycles. The number of hydrogen-bond donors (Lipinski definition) is 1. The van der Waals surface area contributed by atoms with Crippen LogP contribution in [0, 0.1) is 0 Å². The summed E-state index contributed by atoms with van der Waals surface area (Å²) in [6.45, 7) is 2.30. The van der Waals surface area contributed by atoms with Gasteiger partial charge in [0.05, 0.1) is 17.3 Å². The fourth-order valence-electron chi connectivity index (χ4n) is 6.19. The SMILES string of the molecule is CC12CC(NC(=O)N1c1cccc(C(=O)OC3Cc4ccccc4C3)c1)c1cccc(OCc3ccccc3)c1O2. The number of rotatable bonds is 6. The van der Waals surface area contributed by atoms with Gasteiger partial charge in [-0.05, 0) is 47.9 Å². The van der Waals surface area contributed by atoms with Gasteiger partial charge in [0.2, 0.25) is 0 Å². The third-order valence-electron chi connectivity index (χ3n) is 8.13. The Labute approximate surface area is 238 Å². The summed E-state index contributed by atoms with van der Waals surface area (Å²) in [5, 5.41) is 3.13. The minimum absolute atomic E-state index is 0.201. The van der Waals surface area contributed by atoms with E-state index in [0.717, 1.165) is 11.1 Å². The molecule has 1 saturated heterocycles. The van der Waals surface area contributed by atoms with Crippen molar-refractivity contribution in [2.45, 2.75) is 50.7 Å². The van der Waals surface area contributed by atoms with Gasteiger partial charge in [0.1, 0.15) is 12.7 Å². The number of fused-ring (bicyclic) bond motifs is 5. The molecule has 41 heavy (non-hydrogen) atoms. The standard InChI is InChI=1S/C34H30N2O5/c1-34-20-29(28-15-8-16-30(31(28)41-34)39-21-22-9-3-2-4-10-22)35-33(38)36(34)26-14-7-13-25(17-26)32(37)40-27-18-23-11-5-6-12-24(23)19-27/h2-17,27,29H,18-21H2,1H3,(H,35,38). The fourth-order valence-corrected chi connectivity index (χ4v) is 6.19. The van der Waals surface area contributed by atoms with E-state index in [1.807, 2.05) is 73.7 Å². The molecule has 2 unspecified atom stereocenters.